The molecule has 1 aromatic rings. The topological polar surface area (TPSA) is 56.6 Å². The number of rotatable bonds is 4. The molecule has 0 unspecified atom stereocenters. The van der Waals surface area contributed by atoms with Gasteiger partial charge in [-0.25, -0.2) is 9.78 Å². The Morgan fingerprint density at radius 2 is 1.96 bits per heavy atom. The first-order valence-electron chi connectivity index (χ1n) is 10.0. The molecule has 0 aliphatic carbocycles. The van der Waals surface area contributed by atoms with Gasteiger partial charge >= 0.3 is 6.03 Å². The number of imidazole rings is 1. The van der Waals surface area contributed by atoms with Crippen LogP contribution in [0, 0.1) is 0 Å². The second-order valence-corrected chi connectivity index (χ2v) is 7.92. The molecule has 3 rings (SSSR count). The van der Waals surface area contributed by atoms with Gasteiger partial charge in [-0.05, 0) is 33.1 Å². The summed E-state index contributed by atoms with van der Waals surface area (Å²) in [7, 11) is 2.03. The van der Waals surface area contributed by atoms with E-state index in [0.717, 1.165) is 70.9 Å². The van der Waals surface area contributed by atoms with Gasteiger partial charge in [0, 0.05) is 70.8 Å². The van der Waals surface area contributed by atoms with Gasteiger partial charge in [0.1, 0.15) is 5.82 Å². The first-order valence-corrected chi connectivity index (χ1v) is 10.0. The first kappa shape index (κ1) is 19.2. The van der Waals surface area contributed by atoms with E-state index in [1.54, 1.807) is 0 Å². The molecule has 2 fully saturated rings. The highest BCUT2D eigenvalue weighted by atomic mass is 16.2. The Morgan fingerprint density at radius 1 is 1.19 bits per heavy atom. The second kappa shape index (κ2) is 8.86. The summed E-state index contributed by atoms with van der Waals surface area (Å²) in [5.41, 5.74) is 0. The van der Waals surface area contributed by atoms with Gasteiger partial charge in [-0.15, -0.1) is 0 Å². The van der Waals surface area contributed by atoms with Crippen LogP contribution in [-0.4, -0.2) is 81.6 Å². The molecule has 1 aromatic heterocycles. The molecule has 1 N–H and O–H groups in total. The van der Waals surface area contributed by atoms with Crippen LogP contribution in [0.4, 0.5) is 4.79 Å². The minimum Gasteiger partial charge on any atom is -0.337 e. The predicted molar refractivity (Wildman–Crippen MR) is 103 cm³/mol. The standard InChI is InChI=1S/C19H34N6O/c1-16(2)24-10-5-17(6-11-24)21-19(26)25-9-4-8-23(13-14-25)15-18-20-7-12-22(18)3/h7,12,16-17H,4-6,8-11,13-15H2,1-3H3,(H,21,26). The Hall–Kier alpha value is -1.60. The fraction of sp³-hybridized carbons (Fsp3) is 0.789. The Balaban J connectivity index is 1.43. The lowest BCUT2D eigenvalue weighted by atomic mass is 10.0. The Morgan fingerprint density at radius 3 is 2.62 bits per heavy atom. The number of carbonyl (C=O) groups is 1. The second-order valence-electron chi connectivity index (χ2n) is 7.92. The molecule has 7 nitrogen and oxygen atoms in total. The summed E-state index contributed by atoms with van der Waals surface area (Å²) in [5, 5.41) is 3.27. The summed E-state index contributed by atoms with van der Waals surface area (Å²) < 4.78 is 2.07. The van der Waals surface area contributed by atoms with Crippen LogP contribution in [0.3, 0.4) is 0 Å². The highest BCUT2D eigenvalue weighted by Gasteiger charge is 2.25. The number of piperidine rings is 1. The molecule has 0 atom stereocenters. The number of aryl methyl sites for hydroxylation is 1. The third-order valence-electron chi connectivity index (χ3n) is 5.75. The number of aromatic nitrogens is 2. The average molecular weight is 363 g/mol. The minimum atomic E-state index is 0.117. The Labute approximate surface area is 157 Å². The van der Waals surface area contributed by atoms with E-state index >= 15 is 0 Å². The lowest BCUT2D eigenvalue weighted by Gasteiger charge is -2.35. The van der Waals surface area contributed by atoms with Crippen LogP contribution in [0.15, 0.2) is 12.4 Å². The number of amides is 2. The molecule has 7 heteroatoms. The largest absolute Gasteiger partial charge is 0.337 e. The number of carbonyl (C=O) groups excluding carboxylic acids is 1. The van der Waals surface area contributed by atoms with Crippen molar-refractivity contribution in [2.75, 3.05) is 39.3 Å². The Kier molecular flexibility index (Phi) is 6.53. The van der Waals surface area contributed by atoms with Gasteiger partial charge in [-0.3, -0.25) is 4.90 Å². The van der Waals surface area contributed by atoms with E-state index in [0.29, 0.717) is 12.1 Å². The normalized spacial score (nSPS) is 21.2. The van der Waals surface area contributed by atoms with Gasteiger partial charge < -0.3 is 19.7 Å². The van der Waals surface area contributed by atoms with Crippen molar-refractivity contribution in [1.82, 2.24) is 29.6 Å². The molecule has 0 bridgehead atoms. The van der Waals surface area contributed by atoms with Gasteiger partial charge in [0.15, 0.2) is 0 Å². The highest BCUT2D eigenvalue weighted by molar-refractivity contribution is 5.74. The first-order chi connectivity index (χ1) is 12.5. The summed E-state index contributed by atoms with van der Waals surface area (Å²) in [4.78, 5) is 24.0. The van der Waals surface area contributed by atoms with Crippen LogP contribution in [0.5, 0.6) is 0 Å². The number of likely N-dealkylation sites (tertiary alicyclic amines) is 1. The van der Waals surface area contributed by atoms with Crippen LogP contribution < -0.4 is 5.32 Å². The van der Waals surface area contributed by atoms with Crippen LogP contribution in [0.2, 0.25) is 0 Å². The van der Waals surface area contributed by atoms with E-state index in [1.165, 1.54) is 0 Å². The maximum absolute atomic E-state index is 12.7. The molecule has 0 radical (unpaired) electrons. The van der Waals surface area contributed by atoms with Crippen LogP contribution >= 0.6 is 0 Å². The van der Waals surface area contributed by atoms with Gasteiger partial charge in [0.2, 0.25) is 0 Å². The molecular weight excluding hydrogens is 328 g/mol. The predicted octanol–water partition coefficient (Wildman–Crippen LogP) is 1.51. The fourth-order valence-electron chi connectivity index (χ4n) is 3.91. The number of hydrogen-bond acceptors (Lipinski definition) is 4. The van der Waals surface area contributed by atoms with Crippen molar-refractivity contribution in [3.8, 4) is 0 Å². The van der Waals surface area contributed by atoms with Crippen LogP contribution in [-0.2, 0) is 13.6 Å². The van der Waals surface area contributed by atoms with E-state index in [1.807, 2.05) is 24.3 Å². The fourth-order valence-corrected chi connectivity index (χ4v) is 3.91. The molecule has 146 valence electrons. The molecule has 0 aromatic carbocycles. The molecule has 3 heterocycles. The van der Waals surface area contributed by atoms with Crippen LogP contribution in [0.1, 0.15) is 38.9 Å². The monoisotopic (exact) mass is 362 g/mol. The van der Waals surface area contributed by atoms with Crippen molar-refractivity contribution in [2.45, 2.75) is 51.7 Å². The average Bonchev–Trinajstić information content (AvgIpc) is 2.88. The van der Waals surface area contributed by atoms with E-state index in [-0.39, 0.29) is 6.03 Å². The number of hydrogen-bond donors (Lipinski definition) is 1. The third-order valence-corrected chi connectivity index (χ3v) is 5.75. The van der Waals surface area contributed by atoms with E-state index in [9.17, 15) is 4.79 Å². The number of urea groups is 1. The Bertz CT molecular complexity index is 578. The molecule has 2 amide bonds. The van der Waals surface area contributed by atoms with Gasteiger partial charge in [0.25, 0.3) is 0 Å². The molecule has 26 heavy (non-hydrogen) atoms. The van der Waals surface area contributed by atoms with Gasteiger partial charge in [0.05, 0.1) is 6.54 Å². The molecule has 0 spiro atoms. The summed E-state index contributed by atoms with van der Waals surface area (Å²) in [5.74, 6) is 1.08. The SMILES string of the molecule is CC(C)N1CCC(NC(=O)N2CCCN(Cc3nccn3C)CC2)CC1. The van der Waals surface area contributed by atoms with Crippen molar-refractivity contribution in [1.29, 1.82) is 0 Å². The van der Waals surface area contributed by atoms with E-state index in [2.05, 4.69) is 38.5 Å². The van der Waals surface area contributed by atoms with Crippen LogP contribution in [0.25, 0.3) is 0 Å². The zero-order chi connectivity index (χ0) is 18.5. The molecule has 2 aliphatic rings. The van der Waals surface area contributed by atoms with Crippen molar-refractivity contribution in [2.24, 2.45) is 7.05 Å². The van der Waals surface area contributed by atoms with Crippen molar-refractivity contribution in [3.05, 3.63) is 18.2 Å². The summed E-state index contributed by atoms with van der Waals surface area (Å²) in [6.07, 6.45) is 6.96. The summed E-state index contributed by atoms with van der Waals surface area (Å²) in [6, 6.07) is 1.04. The number of nitrogens with one attached hydrogen (secondary N) is 1. The van der Waals surface area contributed by atoms with Gasteiger partial charge in [-0.1, -0.05) is 0 Å². The minimum absolute atomic E-state index is 0.117. The lowest BCUT2D eigenvalue weighted by molar-refractivity contribution is 0.152. The molecule has 2 saturated heterocycles. The summed E-state index contributed by atoms with van der Waals surface area (Å²) >= 11 is 0. The van der Waals surface area contributed by atoms with E-state index < -0.39 is 0 Å². The summed E-state index contributed by atoms with van der Waals surface area (Å²) in [6.45, 7) is 11.1. The molecular formula is C19H34N6O. The maximum Gasteiger partial charge on any atom is 0.317 e. The maximum atomic E-state index is 12.7. The lowest BCUT2D eigenvalue weighted by Crippen LogP contribution is -2.50. The van der Waals surface area contributed by atoms with Gasteiger partial charge in [-0.2, -0.15) is 0 Å². The van der Waals surface area contributed by atoms with Crippen molar-refractivity contribution < 1.29 is 4.79 Å². The van der Waals surface area contributed by atoms with Crippen molar-refractivity contribution in [3.63, 3.8) is 0 Å². The van der Waals surface area contributed by atoms with E-state index in [4.69, 9.17) is 0 Å². The zero-order valence-electron chi connectivity index (χ0n) is 16.5. The van der Waals surface area contributed by atoms with Crippen molar-refractivity contribution >= 4 is 6.03 Å². The molecule has 0 saturated carbocycles. The smallest absolute Gasteiger partial charge is 0.317 e. The number of nitrogens with zero attached hydrogens (tertiary/aromatic N) is 5. The highest BCUT2D eigenvalue weighted by Crippen LogP contribution is 2.14. The molecule has 2 aliphatic heterocycles. The zero-order valence-corrected chi connectivity index (χ0v) is 16.5. The third kappa shape index (κ3) is 4.98. The quantitative estimate of drug-likeness (QED) is 0.882.